The Morgan fingerprint density at radius 2 is 1.70 bits per heavy atom. The molecule has 3 aromatic rings. The van der Waals surface area contributed by atoms with Gasteiger partial charge in [0, 0.05) is 61.2 Å². The average molecular weight is 446 g/mol. The molecule has 0 atom stereocenters. The van der Waals surface area contributed by atoms with Crippen molar-refractivity contribution in [3.63, 3.8) is 0 Å². The smallest absolute Gasteiger partial charge is 0.270 e. The highest BCUT2D eigenvalue weighted by molar-refractivity contribution is 5.94. The maximum absolute atomic E-state index is 12.9. The number of rotatable bonds is 5. The highest BCUT2D eigenvalue weighted by atomic mass is 16.6. The molecule has 0 bridgehead atoms. The lowest BCUT2D eigenvalue weighted by Crippen LogP contribution is -2.49. The Labute approximate surface area is 193 Å². The van der Waals surface area contributed by atoms with Crippen LogP contribution in [0.25, 0.3) is 11.4 Å². The minimum absolute atomic E-state index is 0.00714. The van der Waals surface area contributed by atoms with Crippen LogP contribution in [-0.4, -0.2) is 51.9 Å². The molecule has 0 radical (unpaired) electrons. The van der Waals surface area contributed by atoms with E-state index in [1.165, 1.54) is 17.7 Å². The Hall–Kier alpha value is -3.81. The summed E-state index contributed by atoms with van der Waals surface area (Å²) in [6.07, 6.45) is 0. The molecule has 8 nitrogen and oxygen atoms in total. The summed E-state index contributed by atoms with van der Waals surface area (Å²) >= 11 is 0. The van der Waals surface area contributed by atoms with Crippen molar-refractivity contribution in [2.45, 2.75) is 26.7 Å². The number of carbonyl (C=O) groups excluding carboxylic acids is 1. The van der Waals surface area contributed by atoms with E-state index in [1.807, 2.05) is 42.2 Å². The Kier molecular flexibility index (Phi) is 6.35. The van der Waals surface area contributed by atoms with Gasteiger partial charge in [0.1, 0.15) is 5.82 Å². The Morgan fingerprint density at radius 1 is 1.00 bits per heavy atom. The van der Waals surface area contributed by atoms with Crippen LogP contribution in [0.5, 0.6) is 0 Å². The molecule has 2 aromatic carbocycles. The van der Waals surface area contributed by atoms with Gasteiger partial charge in [-0.3, -0.25) is 14.9 Å². The van der Waals surface area contributed by atoms with Crippen molar-refractivity contribution in [1.29, 1.82) is 0 Å². The van der Waals surface area contributed by atoms with Gasteiger partial charge in [-0.15, -0.1) is 0 Å². The van der Waals surface area contributed by atoms with Crippen molar-refractivity contribution in [1.82, 2.24) is 14.9 Å². The van der Waals surface area contributed by atoms with E-state index in [0.717, 1.165) is 11.5 Å². The molecule has 170 valence electrons. The first-order chi connectivity index (χ1) is 15.8. The van der Waals surface area contributed by atoms with Crippen LogP contribution >= 0.6 is 0 Å². The van der Waals surface area contributed by atoms with Crippen molar-refractivity contribution >= 4 is 17.4 Å². The fraction of sp³-hybridized carbons (Fsp3) is 0.320. The fourth-order valence-electron chi connectivity index (χ4n) is 3.93. The van der Waals surface area contributed by atoms with Crippen LogP contribution < -0.4 is 4.90 Å². The zero-order valence-electron chi connectivity index (χ0n) is 19.1. The van der Waals surface area contributed by atoms with E-state index in [1.54, 1.807) is 12.1 Å². The number of aromatic nitrogens is 2. The second kappa shape index (κ2) is 9.36. The van der Waals surface area contributed by atoms with E-state index >= 15 is 0 Å². The van der Waals surface area contributed by atoms with Crippen LogP contribution in [-0.2, 0) is 0 Å². The predicted octanol–water partition coefficient (Wildman–Crippen LogP) is 4.45. The first kappa shape index (κ1) is 22.4. The Bertz CT molecular complexity index is 1170. The van der Waals surface area contributed by atoms with Gasteiger partial charge in [-0.05, 0) is 30.5 Å². The van der Waals surface area contributed by atoms with E-state index in [9.17, 15) is 14.9 Å². The number of aryl methyl sites for hydroxylation is 1. The van der Waals surface area contributed by atoms with Crippen molar-refractivity contribution in [3.05, 3.63) is 81.5 Å². The molecule has 1 saturated heterocycles. The lowest BCUT2D eigenvalue weighted by molar-refractivity contribution is -0.384. The zero-order chi connectivity index (χ0) is 23.5. The number of anilines is 1. The molecule has 1 aliphatic heterocycles. The molecule has 1 fully saturated rings. The van der Waals surface area contributed by atoms with Gasteiger partial charge in [0.2, 0.25) is 0 Å². The highest BCUT2D eigenvalue weighted by Crippen LogP contribution is 2.25. The molecular formula is C25H27N5O3. The summed E-state index contributed by atoms with van der Waals surface area (Å²) < 4.78 is 0. The predicted molar refractivity (Wildman–Crippen MR) is 128 cm³/mol. The maximum atomic E-state index is 12.9. The lowest BCUT2D eigenvalue weighted by Gasteiger charge is -2.35. The van der Waals surface area contributed by atoms with Gasteiger partial charge in [0.15, 0.2) is 5.82 Å². The fourth-order valence-corrected chi connectivity index (χ4v) is 3.93. The quantitative estimate of drug-likeness (QED) is 0.426. The number of nitro groups is 1. The number of benzene rings is 2. The number of hydrogen-bond donors (Lipinski definition) is 0. The number of hydrogen-bond acceptors (Lipinski definition) is 6. The van der Waals surface area contributed by atoms with Gasteiger partial charge in [-0.1, -0.05) is 38.1 Å². The molecule has 0 N–H and O–H groups in total. The van der Waals surface area contributed by atoms with Gasteiger partial charge >= 0.3 is 0 Å². The summed E-state index contributed by atoms with van der Waals surface area (Å²) in [4.78, 5) is 36.8. The zero-order valence-corrected chi connectivity index (χ0v) is 19.1. The van der Waals surface area contributed by atoms with E-state index in [-0.39, 0.29) is 11.6 Å². The molecule has 0 spiro atoms. The van der Waals surface area contributed by atoms with Crippen LogP contribution in [0.1, 0.15) is 41.4 Å². The molecule has 2 heterocycles. The number of non-ortho nitro benzene ring substituents is 1. The van der Waals surface area contributed by atoms with E-state index in [4.69, 9.17) is 0 Å². The third-order valence-electron chi connectivity index (χ3n) is 5.87. The number of nitro benzene ring substituents is 1. The third-order valence-corrected chi connectivity index (χ3v) is 5.87. The van der Waals surface area contributed by atoms with Crippen LogP contribution in [0.3, 0.4) is 0 Å². The SMILES string of the molecule is Cc1cc(N2CCN(C(=O)c3ccc(C(C)C)cc3)CC2)nc(-c2cccc([N+](=O)[O-])c2)n1. The molecule has 0 unspecified atom stereocenters. The molecule has 33 heavy (non-hydrogen) atoms. The molecule has 1 aromatic heterocycles. The van der Waals surface area contributed by atoms with Gasteiger partial charge in [-0.2, -0.15) is 0 Å². The van der Waals surface area contributed by atoms with Crippen LogP contribution in [0, 0.1) is 17.0 Å². The second-order valence-electron chi connectivity index (χ2n) is 8.55. The van der Waals surface area contributed by atoms with Gasteiger partial charge < -0.3 is 9.80 Å². The summed E-state index contributed by atoms with van der Waals surface area (Å²) in [6.45, 7) is 8.65. The molecule has 0 aliphatic carbocycles. The molecule has 1 aliphatic rings. The van der Waals surface area contributed by atoms with Crippen molar-refractivity contribution in [3.8, 4) is 11.4 Å². The average Bonchev–Trinajstić information content (AvgIpc) is 2.83. The van der Waals surface area contributed by atoms with Gasteiger partial charge in [0.05, 0.1) is 4.92 Å². The third kappa shape index (κ3) is 5.00. The second-order valence-corrected chi connectivity index (χ2v) is 8.55. The van der Waals surface area contributed by atoms with E-state index < -0.39 is 4.92 Å². The van der Waals surface area contributed by atoms with E-state index in [0.29, 0.717) is 49.0 Å². The van der Waals surface area contributed by atoms with Crippen molar-refractivity contribution < 1.29 is 9.72 Å². The maximum Gasteiger partial charge on any atom is 0.270 e. The Balaban J connectivity index is 1.47. The highest BCUT2D eigenvalue weighted by Gasteiger charge is 2.24. The molecule has 0 saturated carbocycles. The largest absolute Gasteiger partial charge is 0.353 e. The number of amides is 1. The molecule has 4 rings (SSSR count). The first-order valence-corrected chi connectivity index (χ1v) is 11.1. The topological polar surface area (TPSA) is 92.5 Å². The van der Waals surface area contributed by atoms with Gasteiger partial charge in [-0.25, -0.2) is 9.97 Å². The number of carbonyl (C=O) groups is 1. The lowest BCUT2D eigenvalue weighted by atomic mass is 10.0. The van der Waals surface area contributed by atoms with Gasteiger partial charge in [0.25, 0.3) is 11.6 Å². The summed E-state index contributed by atoms with van der Waals surface area (Å²) in [5.41, 5.74) is 3.32. The minimum Gasteiger partial charge on any atom is -0.353 e. The first-order valence-electron chi connectivity index (χ1n) is 11.1. The number of piperazine rings is 1. The van der Waals surface area contributed by atoms with Crippen LogP contribution in [0.15, 0.2) is 54.6 Å². The summed E-state index contributed by atoms with van der Waals surface area (Å²) in [7, 11) is 0. The van der Waals surface area contributed by atoms with Crippen LogP contribution in [0.2, 0.25) is 0 Å². The minimum atomic E-state index is -0.424. The Morgan fingerprint density at radius 3 is 2.33 bits per heavy atom. The summed E-state index contributed by atoms with van der Waals surface area (Å²) in [5.74, 6) is 1.69. The normalized spacial score (nSPS) is 13.9. The monoisotopic (exact) mass is 445 g/mol. The molecular weight excluding hydrogens is 418 g/mol. The molecule has 1 amide bonds. The number of nitrogens with zero attached hydrogens (tertiary/aromatic N) is 5. The standard InChI is InChI=1S/C25H27N5O3/c1-17(2)19-7-9-20(10-8-19)25(31)29-13-11-28(12-14-29)23-15-18(3)26-24(27-23)21-5-4-6-22(16-21)30(32)33/h4-10,15-17H,11-14H2,1-3H3. The van der Waals surface area contributed by atoms with E-state index in [2.05, 4.69) is 28.7 Å². The van der Waals surface area contributed by atoms with Crippen molar-refractivity contribution in [2.24, 2.45) is 0 Å². The summed E-state index contributed by atoms with van der Waals surface area (Å²) in [6, 6.07) is 16.1. The van der Waals surface area contributed by atoms with Crippen LogP contribution in [0.4, 0.5) is 11.5 Å². The van der Waals surface area contributed by atoms with Crippen molar-refractivity contribution in [2.75, 3.05) is 31.1 Å². The summed E-state index contributed by atoms with van der Waals surface area (Å²) in [5, 5.41) is 11.1. The molecule has 8 heteroatoms.